The Bertz CT molecular complexity index is 953. The average Bonchev–Trinajstić information content (AvgIpc) is 3.35. The van der Waals surface area contributed by atoms with Gasteiger partial charge in [0.2, 0.25) is 5.91 Å². The predicted molar refractivity (Wildman–Crippen MR) is 98.2 cm³/mol. The fraction of sp³-hybridized carbons (Fsp3) is 0.211. The molecule has 136 valence electrons. The van der Waals surface area contributed by atoms with Crippen molar-refractivity contribution < 1.29 is 9.59 Å². The lowest BCUT2D eigenvalue weighted by Crippen LogP contribution is -2.24. The molecule has 1 aromatic heterocycles. The number of hydrogen-bond acceptors (Lipinski definition) is 5. The Labute approximate surface area is 155 Å². The molecule has 0 saturated carbocycles. The van der Waals surface area contributed by atoms with Crippen molar-refractivity contribution in [1.29, 1.82) is 0 Å². The summed E-state index contributed by atoms with van der Waals surface area (Å²) >= 11 is 0. The van der Waals surface area contributed by atoms with Gasteiger partial charge in [0.15, 0.2) is 0 Å². The van der Waals surface area contributed by atoms with Crippen molar-refractivity contribution in [2.75, 3.05) is 11.9 Å². The maximum absolute atomic E-state index is 12.6. The van der Waals surface area contributed by atoms with Crippen LogP contribution in [0.4, 0.5) is 5.69 Å². The first-order valence-corrected chi connectivity index (χ1v) is 8.70. The Kier molecular flexibility index (Phi) is 4.61. The summed E-state index contributed by atoms with van der Waals surface area (Å²) in [5.41, 5.74) is 2.99. The Balaban J connectivity index is 1.43. The van der Waals surface area contributed by atoms with Crippen LogP contribution in [0.25, 0.3) is 5.69 Å². The number of nitrogens with one attached hydrogen (secondary N) is 1. The van der Waals surface area contributed by atoms with Gasteiger partial charge >= 0.3 is 0 Å². The number of aromatic nitrogens is 4. The minimum atomic E-state index is -0.195. The zero-order valence-electron chi connectivity index (χ0n) is 14.6. The summed E-state index contributed by atoms with van der Waals surface area (Å²) in [4.78, 5) is 26.2. The van der Waals surface area contributed by atoms with Crippen molar-refractivity contribution in [2.45, 2.75) is 19.4 Å². The van der Waals surface area contributed by atoms with Gasteiger partial charge in [-0.3, -0.25) is 9.59 Å². The van der Waals surface area contributed by atoms with Crippen LogP contribution in [0.1, 0.15) is 28.8 Å². The fourth-order valence-electron chi connectivity index (χ4n) is 3.08. The van der Waals surface area contributed by atoms with E-state index in [2.05, 4.69) is 20.8 Å². The molecule has 0 radical (unpaired) electrons. The molecule has 2 aromatic carbocycles. The molecular formula is C19H18N6O2. The van der Waals surface area contributed by atoms with Crippen LogP contribution in [-0.4, -0.2) is 43.5 Å². The molecule has 2 amide bonds. The first-order valence-electron chi connectivity index (χ1n) is 8.70. The standard InChI is InChI=1S/C19H18N6O2/c26-18-5-2-10-24(18)12-14-3-1-4-15(11-14)19(27)21-16-6-8-17(9-7-16)25-13-20-22-23-25/h1,3-4,6-9,11,13H,2,5,10,12H2,(H,21,27). The number of carbonyl (C=O) groups excluding carboxylic acids is 2. The second-order valence-corrected chi connectivity index (χ2v) is 6.37. The molecular weight excluding hydrogens is 344 g/mol. The normalized spacial score (nSPS) is 13.8. The van der Waals surface area contributed by atoms with Crippen LogP contribution in [0.15, 0.2) is 54.9 Å². The van der Waals surface area contributed by atoms with Crippen molar-refractivity contribution in [3.05, 3.63) is 66.0 Å². The van der Waals surface area contributed by atoms with Gasteiger partial charge in [-0.1, -0.05) is 12.1 Å². The van der Waals surface area contributed by atoms with Crippen LogP contribution in [0.5, 0.6) is 0 Å². The minimum Gasteiger partial charge on any atom is -0.338 e. The topological polar surface area (TPSA) is 93.0 Å². The molecule has 4 rings (SSSR count). The first kappa shape index (κ1) is 16.9. The van der Waals surface area contributed by atoms with Crippen molar-refractivity contribution in [3.8, 4) is 5.69 Å². The zero-order chi connectivity index (χ0) is 18.6. The molecule has 3 aromatic rings. The number of anilines is 1. The highest BCUT2D eigenvalue weighted by molar-refractivity contribution is 6.04. The minimum absolute atomic E-state index is 0.174. The SMILES string of the molecule is O=C(Nc1ccc(-n2cnnn2)cc1)c1cccc(CN2CCCC2=O)c1. The monoisotopic (exact) mass is 362 g/mol. The lowest BCUT2D eigenvalue weighted by atomic mass is 10.1. The summed E-state index contributed by atoms with van der Waals surface area (Å²) in [5, 5.41) is 13.9. The molecule has 27 heavy (non-hydrogen) atoms. The predicted octanol–water partition coefficient (Wildman–Crippen LogP) is 2.04. The highest BCUT2D eigenvalue weighted by Gasteiger charge is 2.20. The molecule has 8 nitrogen and oxygen atoms in total. The van der Waals surface area contributed by atoms with Gasteiger partial charge in [-0.25, -0.2) is 4.68 Å². The van der Waals surface area contributed by atoms with E-state index in [1.54, 1.807) is 18.2 Å². The zero-order valence-corrected chi connectivity index (χ0v) is 14.6. The van der Waals surface area contributed by atoms with E-state index in [4.69, 9.17) is 0 Å². The van der Waals surface area contributed by atoms with Gasteiger partial charge in [-0.15, -0.1) is 5.10 Å². The summed E-state index contributed by atoms with van der Waals surface area (Å²) in [6.07, 6.45) is 3.02. The molecule has 0 aliphatic carbocycles. The summed E-state index contributed by atoms with van der Waals surface area (Å²) in [5.74, 6) is -0.0210. The number of benzene rings is 2. The molecule has 1 aliphatic heterocycles. The molecule has 0 spiro atoms. The average molecular weight is 362 g/mol. The van der Waals surface area contributed by atoms with E-state index in [1.165, 1.54) is 11.0 Å². The third-order valence-corrected chi connectivity index (χ3v) is 4.47. The second-order valence-electron chi connectivity index (χ2n) is 6.37. The van der Waals surface area contributed by atoms with E-state index < -0.39 is 0 Å². The van der Waals surface area contributed by atoms with Crippen molar-refractivity contribution in [1.82, 2.24) is 25.1 Å². The summed E-state index contributed by atoms with van der Waals surface area (Å²) in [7, 11) is 0. The van der Waals surface area contributed by atoms with Gasteiger partial charge in [0.05, 0.1) is 5.69 Å². The van der Waals surface area contributed by atoms with Gasteiger partial charge in [-0.2, -0.15) is 0 Å². The van der Waals surface area contributed by atoms with E-state index in [0.29, 0.717) is 24.2 Å². The lowest BCUT2D eigenvalue weighted by molar-refractivity contribution is -0.128. The Morgan fingerprint density at radius 1 is 1.15 bits per heavy atom. The van der Waals surface area contributed by atoms with Gasteiger partial charge in [0.1, 0.15) is 6.33 Å². The van der Waals surface area contributed by atoms with E-state index in [-0.39, 0.29) is 11.8 Å². The Morgan fingerprint density at radius 3 is 2.70 bits per heavy atom. The van der Waals surface area contributed by atoms with Crippen LogP contribution in [0.2, 0.25) is 0 Å². The number of carbonyl (C=O) groups is 2. The Morgan fingerprint density at radius 2 is 2.00 bits per heavy atom. The second kappa shape index (κ2) is 7.36. The van der Waals surface area contributed by atoms with Crippen LogP contribution >= 0.6 is 0 Å². The highest BCUT2D eigenvalue weighted by Crippen LogP contribution is 2.17. The maximum Gasteiger partial charge on any atom is 0.255 e. The summed E-state index contributed by atoms with van der Waals surface area (Å²) < 4.78 is 1.54. The van der Waals surface area contributed by atoms with Gasteiger partial charge in [0, 0.05) is 30.8 Å². The molecule has 8 heteroatoms. The quantitative estimate of drug-likeness (QED) is 0.750. The maximum atomic E-state index is 12.6. The number of hydrogen-bond donors (Lipinski definition) is 1. The van der Waals surface area contributed by atoms with Crippen molar-refractivity contribution >= 4 is 17.5 Å². The van der Waals surface area contributed by atoms with Crippen LogP contribution in [0, 0.1) is 0 Å². The molecule has 1 fully saturated rings. The molecule has 0 atom stereocenters. The van der Waals surface area contributed by atoms with Gasteiger partial charge in [-0.05, 0) is 58.8 Å². The largest absolute Gasteiger partial charge is 0.338 e. The molecule has 0 unspecified atom stereocenters. The summed E-state index contributed by atoms with van der Waals surface area (Å²) in [6, 6.07) is 14.6. The van der Waals surface area contributed by atoms with E-state index in [1.807, 2.05) is 35.2 Å². The third-order valence-electron chi connectivity index (χ3n) is 4.47. The van der Waals surface area contributed by atoms with E-state index in [9.17, 15) is 9.59 Å². The van der Waals surface area contributed by atoms with Crippen molar-refractivity contribution in [3.63, 3.8) is 0 Å². The number of amides is 2. The summed E-state index contributed by atoms with van der Waals surface area (Å²) in [6.45, 7) is 1.32. The van der Waals surface area contributed by atoms with Gasteiger partial charge < -0.3 is 10.2 Å². The van der Waals surface area contributed by atoms with Gasteiger partial charge in [0.25, 0.3) is 5.91 Å². The molecule has 1 N–H and O–H groups in total. The number of nitrogens with zero attached hydrogens (tertiary/aromatic N) is 5. The van der Waals surface area contributed by atoms with Crippen LogP contribution < -0.4 is 5.32 Å². The van der Waals surface area contributed by atoms with Crippen LogP contribution in [-0.2, 0) is 11.3 Å². The highest BCUT2D eigenvalue weighted by atomic mass is 16.2. The Hall–Kier alpha value is -3.55. The smallest absolute Gasteiger partial charge is 0.255 e. The first-order chi connectivity index (χ1) is 13.2. The fourth-order valence-corrected chi connectivity index (χ4v) is 3.08. The number of rotatable bonds is 5. The van der Waals surface area contributed by atoms with E-state index in [0.717, 1.165) is 24.2 Å². The molecule has 1 aliphatic rings. The van der Waals surface area contributed by atoms with Crippen LogP contribution in [0.3, 0.4) is 0 Å². The van der Waals surface area contributed by atoms with Crippen molar-refractivity contribution in [2.24, 2.45) is 0 Å². The number of likely N-dealkylation sites (tertiary alicyclic amines) is 1. The lowest BCUT2D eigenvalue weighted by Gasteiger charge is -2.16. The van der Waals surface area contributed by atoms with E-state index >= 15 is 0 Å². The molecule has 1 saturated heterocycles. The molecule has 0 bridgehead atoms. The number of tetrazole rings is 1. The third kappa shape index (κ3) is 3.84. The molecule has 2 heterocycles.